The number of hydrogen-bond acceptors (Lipinski definition) is 3. The molecule has 0 aliphatic rings. The van der Waals surface area contributed by atoms with Crippen molar-refractivity contribution in [1.82, 2.24) is 5.32 Å². The number of aliphatic hydroxyl groups excluding tert-OH is 1. The lowest BCUT2D eigenvalue weighted by Gasteiger charge is -2.18. The molecule has 0 aromatic carbocycles. The van der Waals surface area contributed by atoms with Gasteiger partial charge >= 0.3 is 0 Å². The summed E-state index contributed by atoms with van der Waals surface area (Å²) in [5, 5.41) is 10.9. The van der Waals surface area contributed by atoms with Gasteiger partial charge in [-0.2, -0.15) is 0 Å². The van der Waals surface area contributed by atoms with Gasteiger partial charge in [0, 0.05) is 6.54 Å². The summed E-state index contributed by atoms with van der Waals surface area (Å²) in [4.78, 5) is 11.3. The molecule has 0 saturated carbocycles. The molecule has 0 aromatic rings. The van der Waals surface area contributed by atoms with Crippen molar-refractivity contribution < 1.29 is 18.7 Å². The first kappa shape index (κ1) is 14.2. The van der Waals surface area contributed by atoms with Gasteiger partial charge in [-0.05, 0) is 5.92 Å². The molecule has 0 heterocycles. The van der Waals surface area contributed by atoms with Crippen LogP contribution >= 0.6 is 0 Å². The van der Waals surface area contributed by atoms with Crippen molar-refractivity contribution in [3.8, 4) is 0 Å². The van der Waals surface area contributed by atoms with E-state index in [1.54, 1.807) is 6.92 Å². The molecule has 90 valence electrons. The van der Waals surface area contributed by atoms with Crippen LogP contribution in [0.5, 0.6) is 0 Å². The smallest absolute Gasteiger partial charge is 0.265 e. The van der Waals surface area contributed by atoms with Crippen LogP contribution in [0.2, 0.25) is 0 Å². The highest BCUT2D eigenvalue weighted by Crippen LogP contribution is 2.05. The number of aliphatic hydroxyl groups is 1. The molecule has 0 rings (SSSR count). The lowest BCUT2D eigenvalue weighted by molar-refractivity contribution is -0.124. The summed E-state index contributed by atoms with van der Waals surface area (Å²) in [5.41, 5.74) is 5.55. The molecule has 15 heavy (non-hydrogen) atoms. The van der Waals surface area contributed by atoms with Crippen molar-refractivity contribution in [1.29, 1.82) is 0 Å². The van der Waals surface area contributed by atoms with Gasteiger partial charge in [0.1, 0.15) is 6.10 Å². The van der Waals surface area contributed by atoms with Gasteiger partial charge in [0.15, 0.2) is 0 Å². The van der Waals surface area contributed by atoms with Crippen LogP contribution in [0.1, 0.15) is 20.3 Å². The number of nitrogens with two attached hydrogens (primary N) is 1. The summed E-state index contributed by atoms with van der Waals surface area (Å²) < 4.78 is 23.7. The first-order chi connectivity index (χ1) is 6.90. The van der Waals surface area contributed by atoms with E-state index in [0.29, 0.717) is 0 Å². The Kier molecular flexibility index (Phi) is 6.35. The second kappa shape index (κ2) is 6.68. The highest BCUT2D eigenvalue weighted by atomic mass is 19.3. The van der Waals surface area contributed by atoms with Crippen LogP contribution < -0.4 is 11.1 Å². The highest BCUT2D eigenvalue weighted by Gasteiger charge is 2.22. The molecule has 0 aliphatic carbocycles. The minimum atomic E-state index is -2.86. The Morgan fingerprint density at radius 1 is 1.53 bits per heavy atom. The molecule has 0 spiro atoms. The third-order valence-electron chi connectivity index (χ3n) is 2.34. The molecule has 4 nitrogen and oxygen atoms in total. The maximum Gasteiger partial charge on any atom is 0.265 e. The zero-order valence-electron chi connectivity index (χ0n) is 8.91. The number of halogens is 2. The Balaban J connectivity index is 3.93. The fourth-order valence-corrected chi connectivity index (χ4v) is 0.924. The van der Waals surface area contributed by atoms with Crippen molar-refractivity contribution in [2.75, 3.05) is 6.54 Å². The van der Waals surface area contributed by atoms with Gasteiger partial charge in [0.05, 0.1) is 6.04 Å². The predicted octanol–water partition coefficient (Wildman–Crippen LogP) is 0.102. The van der Waals surface area contributed by atoms with Crippen LogP contribution in [0.3, 0.4) is 0 Å². The Labute approximate surface area is 87.8 Å². The largest absolute Gasteiger partial charge is 0.385 e. The number of alkyl halides is 2. The van der Waals surface area contributed by atoms with Gasteiger partial charge in [0.25, 0.3) is 6.43 Å². The molecule has 0 bridgehead atoms. The van der Waals surface area contributed by atoms with Gasteiger partial charge in [-0.25, -0.2) is 8.78 Å². The summed E-state index contributed by atoms with van der Waals surface area (Å²) in [6, 6.07) is -0.722. The van der Waals surface area contributed by atoms with E-state index < -0.39 is 31.0 Å². The summed E-state index contributed by atoms with van der Waals surface area (Å²) in [6.07, 6.45) is -3.96. The van der Waals surface area contributed by atoms with Gasteiger partial charge in [0.2, 0.25) is 5.91 Å². The van der Waals surface area contributed by atoms with E-state index in [0.717, 1.165) is 6.42 Å². The van der Waals surface area contributed by atoms with Crippen molar-refractivity contribution in [2.24, 2.45) is 11.7 Å². The quantitative estimate of drug-likeness (QED) is 0.599. The molecule has 0 fully saturated rings. The minimum Gasteiger partial charge on any atom is -0.385 e. The van der Waals surface area contributed by atoms with Gasteiger partial charge < -0.3 is 16.2 Å². The molecule has 6 heteroatoms. The van der Waals surface area contributed by atoms with E-state index in [4.69, 9.17) is 10.8 Å². The van der Waals surface area contributed by atoms with Crippen molar-refractivity contribution in [3.05, 3.63) is 0 Å². The van der Waals surface area contributed by atoms with E-state index in [2.05, 4.69) is 5.32 Å². The van der Waals surface area contributed by atoms with Crippen molar-refractivity contribution >= 4 is 5.91 Å². The van der Waals surface area contributed by atoms with Crippen LogP contribution in [0.15, 0.2) is 0 Å². The molecule has 0 aromatic heterocycles. The number of hydrogen-bond donors (Lipinski definition) is 3. The van der Waals surface area contributed by atoms with Gasteiger partial charge in [-0.15, -0.1) is 0 Å². The average Bonchev–Trinajstić information content (AvgIpc) is 2.22. The summed E-state index contributed by atoms with van der Waals surface area (Å²) in [5.74, 6) is -0.530. The van der Waals surface area contributed by atoms with Crippen LogP contribution in [0, 0.1) is 5.92 Å². The maximum absolute atomic E-state index is 11.9. The van der Waals surface area contributed by atoms with Gasteiger partial charge in [-0.1, -0.05) is 20.3 Å². The normalized spacial score (nSPS) is 17.3. The zero-order chi connectivity index (χ0) is 12.0. The van der Waals surface area contributed by atoms with E-state index in [-0.39, 0.29) is 5.92 Å². The molecule has 3 atom stereocenters. The molecule has 0 radical (unpaired) electrons. The monoisotopic (exact) mass is 224 g/mol. The van der Waals surface area contributed by atoms with E-state index in [9.17, 15) is 13.6 Å². The second-order valence-electron chi connectivity index (χ2n) is 3.56. The van der Waals surface area contributed by atoms with Gasteiger partial charge in [-0.3, -0.25) is 4.79 Å². The lowest BCUT2D eigenvalue weighted by atomic mass is 9.99. The Morgan fingerprint density at radius 3 is 2.47 bits per heavy atom. The second-order valence-corrected chi connectivity index (χ2v) is 3.56. The summed E-state index contributed by atoms with van der Waals surface area (Å²) >= 11 is 0. The van der Waals surface area contributed by atoms with Crippen LogP contribution in [-0.4, -0.2) is 36.1 Å². The standard InChI is InChI=1S/C9H18F2N2O2/c1-3-5(2)7(12)9(15)13-4-6(14)8(10)11/h5-8,14H,3-4,12H2,1-2H3,(H,13,15). The number of nitrogens with one attached hydrogen (secondary N) is 1. The Morgan fingerprint density at radius 2 is 2.07 bits per heavy atom. The fraction of sp³-hybridized carbons (Fsp3) is 0.889. The minimum absolute atomic E-state index is 0.0197. The third kappa shape index (κ3) is 5.03. The maximum atomic E-state index is 11.9. The molecule has 0 saturated heterocycles. The molecule has 0 aliphatic heterocycles. The van der Waals surface area contributed by atoms with Crippen LogP contribution in [-0.2, 0) is 4.79 Å². The topological polar surface area (TPSA) is 75.4 Å². The third-order valence-corrected chi connectivity index (χ3v) is 2.34. The summed E-state index contributed by atoms with van der Waals surface area (Å²) in [7, 11) is 0. The first-order valence-corrected chi connectivity index (χ1v) is 4.89. The Hall–Kier alpha value is -0.750. The lowest BCUT2D eigenvalue weighted by Crippen LogP contribution is -2.47. The molecular formula is C9H18F2N2O2. The van der Waals surface area contributed by atoms with E-state index >= 15 is 0 Å². The fourth-order valence-electron chi connectivity index (χ4n) is 0.924. The first-order valence-electron chi connectivity index (χ1n) is 4.89. The zero-order valence-corrected chi connectivity index (χ0v) is 8.91. The number of rotatable bonds is 6. The number of carbonyl (C=O) groups is 1. The SMILES string of the molecule is CCC(C)C(N)C(=O)NCC(O)C(F)F. The number of amides is 1. The summed E-state index contributed by atoms with van der Waals surface area (Å²) in [6.45, 7) is 3.21. The average molecular weight is 224 g/mol. The highest BCUT2D eigenvalue weighted by molar-refractivity contribution is 5.81. The van der Waals surface area contributed by atoms with Crippen molar-refractivity contribution in [2.45, 2.75) is 38.8 Å². The van der Waals surface area contributed by atoms with E-state index in [1.807, 2.05) is 6.92 Å². The molecule has 4 N–H and O–H groups in total. The van der Waals surface area contributed by atoms with Crippen LogP contribution in [0.4, 0.5) is 8.78 Å². The molecular weight excluding hydrogens is 206 g/mol. The molecule has 3 unspecified atom stereocenters. The predicted molar refractivity (Wildman–Crippen MR) is 52.5 cm³/mol. The Bertz CT molecular complexity index is 203. The van der Waals surface area contributed by atoms with Crippen LogP contribution in [0.25, 0.3) is 0 Å². The van der Waals surface area contributed by atoms with Crippen molar-refractivity contribution in [3.63, 3.8) is 0 Å². The van der Waals surface area contributed by atoms with E-state index in [1.165, 1.54) is 0 Å². The number of carbonyl (C=O) groups excluding carboxylic acids is 1. The molecule has 1 amide bonds.